The molecule has 74 valence electrons. The van der Waals surface area contributed by atoms with Crippen LogP contribution in [0.15, 0.2) is 30.9 Å². The van der Waals surface area contributed by atoms with Crippen molar-refractivity contribution in [2.45, 2.75) is 0 Å². The van der Waals surface area contributed by atoms with Gasteiger partial charge in [-0.2, -0.15) is 0 Å². The normalized spacial score (nSPS) is 9.50. The van der Waals surface area contributed by atoms with Crippen LogP contribution in [-0.4, -0.2) is 17.6 Å². The molecule has 0 fully saturated rings. The van der Waals surface area contributed by atoms with Crippen LogP contribution in [0, 0.1) is 0 Å². The van der Waals surface area contributed by atoms with Gasteiger partial charge >= 0.3 is 0 Å². The molecule has 1 aromatic carbocycles. The second kappa shape index (κ2) is 4.67. The lowest BCUT2D eigenvalue weighted by molar-refractivity contribution is 0.0958. The summed E-state index contributed by atoms with van der Waals surface area (Å²) in [6.45, 7) is 3.84. The molecule has 1 amide bonds. The highest BCUT2D eigenvalue weighted by molar-refractivity contribution is 6.33. The molecular weight excluding hydrogens is 202 g/mol. The van der Waals surface area contributed by atoms with Gasteiger partial charge in [0.25, 0.3) is 5.91 Å². The van der Waals surface area contributed by atoms with Crippen LogP contribution in [0.2, 0.25) is 5.02 Å². The molecule has 0 aromatic heterocycles. The molecule has 0 spiro atoms. The fraction of sp³-hybridized carbons (Fsp3) is 0.100. The number of benzene rings is 1. The van der Waals surface area contributed by atoms with Gasteiger partial charge in [-0.05, 0) is 18.2 Å². The van der Waals surface area contributed by atoms with Crippen LogP contribution in [-0.2, 0) is 0 Å². The fourth-order valence-electron chi connectivity index (χ4n) is 0.947. The Kier molecular flexibility index (Phi) is 3.54. The van der Waals surface area contributed by atoms with Crippen molar-refractivity contribution in [2.24, 2.45) is 0 Å². The molecule has 2 N–H and O–H groups in total. The number of hydrogen-bond acceptors (Lipinski definition) is 2. The second-order valence-corrected chi connectivity index (χ2v) is 3.07. The van der Waals surface area contributed by atoms with Crippen LogP contribution in [0.5, 0.6) is 5.75 Å². The van der Waals surface area contributed by atoms with Crippen LogP contribution in [0.4, 0.5) is 0 Å². The van der Waals surface area contributed by atoms with E-state index >= 15 is 0 Å². The number of phenols is 1. The third kappa shape index (κ3) is 2.50. The minimum atomic E-state index is -0.328. The van der Waals surface area contributed by atoms with E-state index in [1.165, 1.54) is 18.2 Å². The van der Waals surface area contributed by atoms with Crippen molar-refractivity contribution in [2.75, 3.05) is 6.54 Å². The Morgan fingerprint density at radius 2 is 2.36 bits per heavy atom. The summed E-state index contributed by atoms with van der Waals surface area (Å²) in [5.74, 6) is -0.316. The van der Waals surface area contributed by atoms with Crippen LogP contribution in [0.3, 0.4) is 0 Å². The molecule has 0 saturated carbocycles. The van der Waals surface area contributed by atoms with Gasteiger partial charge < -0.3 is 10.4 Å². The molecular formula is C10H10ClNO2. The molecule has 1 aromatic rings. The van der Waals surface area contributed by atoms with E-state index in [2.05, 4.69) is 11.9 Å². The molecule has 0 bridgehead atoms. The Hall–Kier alpha value is -1.48. The first kappa shape index (κ1) is 10.6. The number of phenolic OH excluding ortho intramolecular Hbond substituents is 1. The number of halogens is 1. The largest absolute Gasteiger partial charge is 0.508 e. The number of carbonyl (C=O) groups excluding carboxylic acids is 1. The van der Waals surface area contributed by atoms with Gasteiger partial charge in [-0.1, -0.05) is 17.7 Å². The summed E-state index contributed by atoms with van der Waals surface area (Å²) in [4.78, 5) is 11.4. The molecule has 3 nitrogen and oxygen atoms in total. The molecule has 0 aliphatic heterocycles. The summed E-state index contributed by atoms with van der Waals surface area (Å²) in [7, 11) is 0. The molecule has 0 saturated heterocycles. The molecule has 0 radical (unpaired) electrons. The first-order chi connectivity index (χ1) is 6.65. The SMILES string of the molecule is C=CCNC(=O)c1cc(O)ccc1Cl. The number of nitrogens with one attached hydrogen (secondary N) is 1. The molecule has 4 heteroatoms. The molecule has 14 heavy (non-hydrogen) atoms. The van der Waals surface area contributed by atoms with E-state index in [9.17, 15) is 4.79 Å². The fourth-order valence-corrected chi connectivity index (χ4v) is 1.15. The number of aromatic hydroxyl groups is 1. The summed E-state index contributed by atoms with van der Waals surface area (Å²) < 4.78 is 0. The predicted octanol–water partition coefficient (Wildman–Crippen LogP) is 1.96. The van der Waals surface area contributed by atoms with E-state index in [0.29, 0.717) is 11.6 Å². The highest BCUT2D eigenvalue weighted by Crippen LogP contribution is 2.20. The minimum Gasteiger partial charge on any atom is -0.508 e. The topological polar surface area (TPSA) is 49.3 Å². The smallest absolute Gasteiger partial charge is 0.253 e. The van der Waals surface area contributed by atoms with E-state index < -0.39 is 0 Å². The molecule has 0 unspecified atom stereocenters. The van der Waals surface area contributed by atoms with Gasteiger partial charge in [0.05, 0.1) is 10.6 Å². The van der Waals surface area contributed by atoms with Crippen molar-refractivity contribution in [1.82, 2.24) is 5.32 Å². The Labute approximate surface area is 87.0 Å². The van der Waals surface area contributed by atoms with Crippen LogP contribution >= 0.6 is 11.6 Å². The number of hydrogen-bond donors (Lipinski definition) is 2. The summed E-state index contributed by atoms with van der Waals surface area (Å²) in [5, 5.41) is 12.0. The zero-order valence-electron chi connectivity index (χ0n) is 7.46. The van der Waals surface area contributed by atoms with Crippen LogP contribution < -0.4 is 5.32 Å². The average Bonchev–Trinajstić information content (AvgIpc) is 2.18. The molecule has 0 atom stereocenters. The van der Waals surface area contributed by atoms with Gasteiger partial charge in [0.2, 0.25) is 0 Å². The van der Waals surface area contributed by atoms with E-state index in [4.69, 9.17) is 16.7 Å². The lowest BCUT2D eigenvalue weighted by atomic mass is 10.2. The first-order valence-corrected chi connectivity index (χ1v) is 4.40. The zero-order valence-corrected chi connectivity index (χ0v) is 8.21. The van der Waals surface area contributed by atoms with Gasteiger partial charge in [-0.3, -0.25) is 4.79 Å². The van der Waals surface area contributed by atoms with Gasteiger partial charge in [-0.15, -0.1) is 6.58 Å². The van der Waals surface area contributed by atoms with Crippen molar-refractivity contribution in [1.29, 1.82) is 0 Å². The first-order valence-electron chi connectivity index (χ1n) is 4.02. The zero-order chi connectivity index (χ0) is 10.6. The summed E-state index contributed by atoms with van der Waals surface area (Å²) in [5.41, 5.74) is 0.258. The number of carbonyl (C=O) groups is 1. The van der Waals surface area contributed by atoms with E-state index in [-0.39, 0.29) is 17.2 Å². The monoisotopic (exact) mass is 211 g/mol. The molecule has 1 rings (SSSR count). The molecule has 0 aliphatic rings. The third-order valence-electron chi connectivity index (χ3n) is 1.60. The minimum absolute atomic E-state index is 0.0122. The summed E-state index contributed by atoms with van der Waals surface area (Å²) >= 11 is 5.77. The average molecular weight is 212 g/mol. The number of rotatable bonds is 3. The lowest BCUT2D eigenvalue weighted by Crippen LogP contribution is -2.23. The Bertz CT molecular complexity index is 363. The van der Waals surface area contributed by atoms with E-state index in [0.717, 1.165) is 0 Å². The quantitative estimate of drug-likeness (QED) is 0.751. The van der Waals surface area contributed by atoms with Crippen LogP contribution in [0.25, 0.3) is 0 Å². The van der Waals surface area contributed by atoms with Gasteiger partial charge in [0.1, 0.15) is 5.75 Å². The van der Waals surface area contributed by atoms with Crippen molar-refractivity contribution >= 4 is 17.5 Å². The van der Waals surface area contributed by atoms with Gasteiger partial charge in [0.15, 0.2) is 0 Å². The van der Waals surface area contributed by atoms with E-state index in [1.54, 1.807) is 6.08 Å². The maximum atomic E-state index is 11.4. The van der Waals surface area contributed by atoms with Crippen molar-refractivity contribution < 1.29 is 9.90 Å². The maximum absolute atomic E-state index is 11.4. The Morgan fingerprint density at radius 1 is 1.64 bits per heavy atom. The Morgan fingerprint density at radius 3 is 3.00 bits per heavy atom. The maximum Gasteiger partial charge on any atom is 0.253 e. The highest BCUT2D eigenvalue weighted by Gasteiger charge is 2.09. The third-order valence-corrected chi connectivity index (χ3v) is 1.93. The van der Waals surface area contributed by atoms with Crippen molar-refractivity contribution in [3.8, 4) is 5.75 Å². The van der Waals surface area contributed by atoms with E-state index in [1.807, 2.05) is 0 Å². The summed E-state index contributed by atoms with van der Waals surface area (Å²) in [6.07, 6.45) is 1.56. The second-order valence-electron chi connectivity index (χ2n) is 2.66. The molecule has 0 aliphatic carbocycles. The van der Waals surface area contributed by atoms with Crippen LogP contribution in [0.1, 0.15) is 10.4 Å². The number of amides is 1. The summed E-state index contributed by atoms with van der Waals surface area (Å²) in [6, 6.07) is 4.22. The lowest BCUT2D eigenvalue weighted by Gasteiger charge is -2.04. The Balaban J connectivity index is 2.88. The standard InChI is InChI=1S/C10H10ClNO2/c1-2-5-12-10(14)8-6-7(13)3-4-9(8)11/h2-4,6,13H,1,5H2,(H,12,14). The predicted molar refractivity (Wildman–Crippen MR) is 55.6 cm³/mol. The van der Waals surface area contributed by atoms with Gasteiger partial charge in [0, 0.05) is 6.54 Å². The van der Waals surface area contributed by atoms with Crippen molar-refractivity contribution in [3.63, 3.8) is 0 Å². The molecule has 0 heterocycles. The van der Waals surface area contributed by atoms with Crippen molar-refractivity contribution in [3.05, 3.63) is 41.4 Å². The highest BCUT2D eigenvalue weighted by atomic mass is 35.5. The van der Waals surface area contributed by atoms with Gasteiger partial charge in [-0.25, -0.2) is 0 Å².